The van der Waals surface area contributed by atoms with Crippen molar-refractivity contribution in [3.63, 3.8) is 0 Å². The van der Waals surface area contributed by atoms with Gasteiger partial charge in [-0.3, -0.25) is 0 Å². The standard InChI is InChI=1S/C12H12N2O2/c1-9-8-14(15)12(7-11(9)13)16-10-5-3-2-4-6-10/h2-8H,13H2,1H3. The van der Waals surface area contributed by atoms with Gasteiger partial charge in [0.1, 0.15) is 5.75 Å². The van der Waals surface area contributed by atoms with Crippen LogP contribution in [0.3, 0.4) is 0 Å². The summed E-state index contributed by atoms with van der Waals surface area (Å²) < 4.78 is 6.08. The Morgan fingerprint density at radius 1 is 1.25 bits per heavy atom. The zero-order valence-electron chi connectivity index (χ0n) is 8.88. The number of para-hydroxylation sites is 1. The SMILES string of the molecule is Cc1c[n+]([O-])c(Oc2ccccc2)cc1N. The van der Waals surface area contributed by atoms with Crippen molar-refractivity contribution in [3.8, 4) is 11.6 Å². The summed E-state index contributed by atoms with van der Waals surface area (Å²) in [7, 11) is 0. The summed E-state index contributed by atoms with van der Waals surface area (Å²) in [5.74, 6) is 0.782. The van der Waals surface area contributed by atoms with Gasteiger partial charge in [0.15, 0.2) is 6.20 Å². The van der Waals surface area contributed by atoms with Gasteiger partial charge in [-0.1, -0.05) is 18.2 Å². The van der Waals surface area contributed by atoms with E-state index in [9.17, 15) is 5.21 Å². The maximum atomic E-state index is 11.5. The molecule has 2 N–H and O–H groups in total. The van der Waals surface area contributed by atoms with Crippen molar-refractivity contribution < 1.29 is 9.47 Å². The quantitative estimate of drug-likeness (QED) is 0.617. The highest BCUT2D eigenvalue weighted by Gasteiger charge is 2.10. The fraction of sp³-hybridized carbons (Fsp3) is 0.0833. The van der Waals surface area contributed by atoms with Crippen molar-refractivity contribution in [3.05, 3.63) is 53.4 Å². The molecule has 1 aromatic carbocycles. The Morgan fingerprint density at radius 3 is 2.62 bits per heavy atom. The second kappa shape index (κ2) is 4.10. The number of nitrogen functional groups attached to an aromatic ring is 1. The lowest BCUT2D eigenvalue weighted by atomic mass is 10.3. The van der Waals surface area contributed by atoms with Gasteiger partial charge in [0, 0.05) is 5.56 Å². The van der Waals surface area contributed by atoms with E-state index < -0.39 is 0 Å². The number of benzene rings is 1. The Morgan fingerprint density at radius 2 is 1.94 bits per heavy atom. The van der Waals surface area contributed by atoms with Crippen LogP contribution in [0.5, 0.6) is 11.6 Å². The van der Waals surface area contributed by atoms with E-state index in [2.05, 4.69) is 0 Å². The van der Waals surface area contributed by atoms with Gasteiger partial charge in [-0.25, -0.2) is 0 Å². The first kappa shape index (κ1) is 10.3. The predicted molar refractivity (Wildman–Crippen MR) is 61.1 cm³/mol. The molecule has 2 rings (SSSR count). The van der Waals surface area contributed by atoms with Crippen molar-refractivity contribution in [2.24, 2.45) is 0 Å². The number of ether oxygens (including phenoxy) is 1. The summed E-state index contributed by atoms with van der Waals surface area (Å²) in [6.07, 6.45) is 1.40. The molecule has 0 aliphatic carbocycles. The number of hydrogen-bond donors (Lipinski definition) is 1. The number of nitrogens with two attached hydrogens (primary N) is 1. The minimum Gasteiger partial charge on any atom is -0.616 e. The lowest BCUT2D eigenvalue weighted by Crippen LogP contribution is -2.28. The molecular weight excluding hydrogens is 204 g/mol. The Labute approximate surface area is 93.5 Å². The number of nitrogens with zero attached hydrogens (tertiary/aromatic N) is 1. The van der Waals surface area contributed by atoms with Crippen LogP contribution < -0.4 is 15.2 Å². The van der Waals surface area contributed by atoms with E-state index in [0.717, 1.165) is 5.56 Å². The number of anilines is 1. The Balaban J connectivity index is 2.32. The largest absolute Gasteiger partial charge is 0.616 e. The molecule has 0 saturated carbocycles. The van der Waals surface area contributed by atoms with Crippen LogP contribution in [-0.4, -0.2) is 0 Å². The highest BCUT2D eigenvalue weighted by Crippen LogP contribution is 2.20. The highest BCUT2D eigenvalue weighted by molar-refractivity contribution is 5.45. The van der Waals surface area contributed by atoms with E-state index in [1.165, 1.54) is 12.3 Å². The lowest BCUT2D eigenvalue weighted by molar-refractivity contribution is -0.611. The van der Waals surface area contributed by atoms with Gasteiger partial charge in [-0.15, -0.1) is 4.73 Å². The number of hydrogen-bond acceptors (Lipinski definition) is 3. The normalized spacial score (nSPS) is 10.1. The predicted octanol–water partition coefficient (Wildman–Crippen LogP) is 2.00. The monoisotopic (exact) mass is 216 g/mol. The lowest BCUT2D eigenvalue weighted by Gasteiger charge is -2.07. The molecule has 16 heavy (non-hydrogen) atoms. The van der Waals surface area contributed by atoms with Gasteiger partial charge in [-0.2, -0.15) is 0 Å². The van der Waals surface area contributed by atoms with Gasteiger partial charge in [0.2, 0.25) is 0 Å². The molecule has 0 bridgehead atoms. The fourth-order valence-corrected chi connectivity index (χ4v) is 1.31. The molecule has 0 aliphatic rings. The second-order valence-electron chi connectivity index (χ2n) is 3.49. The summed E-state index contributed by atoms with van der Waals surface area (Å²) in [5.41, 5.74) is 6.98. The number of aryl methyl sites for hydroxylation is 1. The van der Waals surface area contributed by atoms with Crippen molar-refractivity contribution in [1.82, 2.24) is 0 Å². The van der Waals surface area contributed by atoms with Gasteiger partial charge in [-0.05, 0) is 19.1 Å². The summed E-state index contributed by atoms with van der Waals surface area (Å²) in [6.45, 7) is 1.77. The smallest absolute Gasteiger partial charge is 0.386 e. The molecule has 1 aromatic heterocycles. The van der Waals surface area contributed by atoms with Gasteiger partial charge in [0.05, 0.1) is 11.8 Å². The molecule has 0 fully saturated rings. The van der Waals surface area contributed by atoms with Gasteiger partial charge < -0.3 is 15.7 Å². The molecular formula is C12H12N2O2. The molecule has 82 valence electrons. The molecule has 2 aromatic rings. The Bertz CT molecular complexity index is 498. The van der Waals surface area contributed by atoms with Crippen LogP contribution in [0.1, 0.15) is 5.56 Å². The van der Waals surface area contributed by atoms with Crippen molar-refractivity contribution >= 4 is 5.69 Å². The summed E-state index contributed by atoms with van der Waals surface area (Å²) in [6, 6.07) is 10.6. The maximum absolute atomic E-state index is 11.5. The van der Waals surface area contributed by atoms with Crippen LogP contribution in [-0.2, 0) is 0 Å². The average Bonchev–Trinajstić information content (AvgIpc) is 2.27. The van der Waals surface area contributed by atoms with Crippen LogP contribution in [0.15, 0.2) is 42.6 Å². The van der Waals surface area contributed by atoms with E-state index >= 15 is 0 Å². The third kappa shape index (κ3) is 2.06. The zero-order valence-corrected chi connectivity index (χ0v) is 8.88. The first-order chi connectivity index (χ1) is 7.66. The summed E-state index contributed by atoms with van der Waals surface area (Å²) in [5, 5.41) is 11.5. The number of aromatic nitrogens is 1. The number of pyridine rings is 1. The fourth-order valence-electron chi connectivity index (χ4n) is 1.31. The van der Waals surface area contributed by atoms with Crippen LogP contribution in [0, 0.1) is 12.1 Å². The molecule has 0 amide bonds. The third-order valence-electron chi connectivity index (χ3n) is 2.23. The molecule has 0 saturated heterocycles. The van der Waals surface area contributed by atoms with Crippen LogP contribution in [0.4, 0.5) is 5.69 Å². The summed E-state index contributed by atoms with van der Waals surface area (Å²) in [4.78, 5) is 0. The van der Waals surface area contributed by atoms with Gasteiger partial charge in [0.25, 0.3) is 0 Å². The number of rotatable bonds is 2. The van der Waals surface area contributed by atoms with E-state index in [1.807, 2.05) is 18.2 Å². The van der Waals surface area contributed by atoms with E-state index in [-0.39, 0.29) is 5.88 Å². The van der Waals surface area contributed by atoms with E-state index in [0.29, 0.717) is 16.2 Å². The molecule has 0 unspecified atom stereocenters. The van der Waals surface area contributed by atoms with Crippen LogP contribution >= 0.6 is 0 Å². The van der Waals surface area contributed by atoms with E-state index in [1.54, 1.807) is 19.1 Å². The molecule has 4 nitrogen and oxygen atoms in total. The van der Waals surface area contributed by atoms with Crippen molar-refractivity contribution in [1.29, 1.82) is 0 Å². The molecule has 1 heterocycles. The molecule has 4 heteroatoms. The van der Waals surface area contributed by atoms with E-state index in [4.69, 9.17) is 10.5 Å². The second-order valence-corrected chi connectivity index (χ2v) is 3.49. The highest BCUT2D eigenvalue weighted by atomic mass is 16.6. The molecule has 0 spiro atoms. The Kier molecular flexibility index (Phi) is 2.64. The first-order valence-electron chi connectivity index (χ1n) is 4.89. The minimum absolute atomic E-state index is 0.175. The Hall–Kier alpha value is -2.23. The first-order valence-corrected chi connectivity index (χ1v) is 4.89. The van der Waals surface area contributed by atoms with Crippen LogP contribution in [0.2, 0.25) is 0 Å². The molecule has 0 aliphatic heterocycles. The van der Waals surface area contributed by atoms with Crippen molar-refractivity contribution in [2.75, 3.05) is 5.73 Å². The maximum Gasteiger partial charge on any atom is 0.386 e. The van der Waals surface area contributed by atoms with Gasteiger partial charge >= 0.3 is 5.88 Å². The molecule has 0 radical (unpaired) electrons. The van der Waals surface area contributed by atoms with Crippen molar-refractivity contribution in [2.45, 2.75) is 6.92 Å². The minimum atomic E-state index is 0.175. The topological polar surface area (TPSA) is 62.2 Å². The zero-order chi connectivity index (χ0) is 11.5. The summed E-state index contributed by atoms with van der Waals surface area (Å²) >= 11 is 0. The average molecular weight is 216 g/mol. The molecule has 0 atom stereocenters. The third-order valence-corrected chi connectivity index (χ3v) is 2.23. The van der Waals surface area contributed by atoms with Crippen LogP contribution in [0.25, 0.3) is 0 Å².